The highest BCUT2D eigenvalue weighted by molar-refractivity contribution is 9.10. The highest BCUT2D eigenvalue weighted by atomic mass is 79.9. The maximum atomic E-state index is 14.2. The molecular weight excluding hydrogens is 649 g/mol. The van der Waals surface area contributed by atoms with Crippen LogP contribution in [0.5, 0.6) is 0 Å². The molecule has 41 heavy (non-hydrogen) atoms. The molecule has 0 radical (unpaired) electrons. The molecule has 0 bridgehead atoms. The van der Waals surface area contributed by atoms with Gasteiger partial charge in [-0.25, -0.2) is 8.42 Å². The van der Waals surface area contributed by atoms with Crippen molar-refractivity contribution in [3.63, 3.8) is 0 Å². The summed E-state index contributed by atoms with van der Waals surface area (Å²) in [6.07, 6.45) is 0.292. The first-order valence-electron chi connectivity index (χ1n) is 13.0. The number of carbonyl (C=O) groups is 2. The van der Waals surface area contributed by atoms with E-state index in [9.17, 15) is 18.0 Å². The minimum atomic E-state index is -4.16. The van der Waals surface area contributed by atoms with Crippen LogP contribution in [-0.2, 0) is 26.2 Å². The van der Waals surface area contributed by atoms with Crippen LogP contribution in [0.4, 0.5) is 5.69 Å². The molecule has 0 aliphatic rings. The Hall–Kier alpha value is -2.59. The maximum Gasteiger partial charge on any atom is 0.264 e. The molecule has 2 amide bonds. The summed E-state index contributed by atoms with van der Waals surface area (Å²) in [5, 5.41) is 3.70. The summed E-state index contributed by atoms with van der Waals surface area (Å²) < 4.78 is 29.6. The molecule has 1 atom stereocenters. The van der Waals surface area contributed by atoms with Crippen molar-refractivity contribution in [3.05, 3.63) is 92.4 Å². The van der Waals surface area contributed by atoms with E-state index < -0.39 is 34.1 Å². The van der Waals surface area contributed by atoms with Crippen LogP contribution in [0.2, 0.25) is 10.0 Å². The molecular formula is C30H34BrCl2N3O4S. The average Bonchev–Trinajstić information content (AvgIpc) is 2.87. The molecule has 0 spiro atoms. The van der Waals surface area contributed by atoms with Gasteiger partial charge >= 0.3 is 0 Å². The Balaban J connectivity index is 2.10. The fourth-order valence-corrected chi connectivity index (χ4v) is 6.46. The maximum absolute atomic E-state index is 14.2. The highest BCUT2D eigenvalue weighted by Crippen LogP contribution is 2.28. The van der Waals surface area contributed by atoms with E-state index in [1.807, 2.05) is 27.7 Å². The predicted molar refractivity (Wildman–Crippen MR) is 169 cm³/mol. The number of nitrogens with one attached hydrogen (secondary N) is 1. The Bertz CT molecular complexity index is 1510. The molecule has 220 valence electrons. The Kier molecular flexibility index (Phi) is 10.9. The lowest BCUT2D eigenvalue weighted by atomic mass is 10.1. The number of amides is 2. The van der Waals surface area contributed by atoms with Crippen molar-refractivity contribution < 1.29 is 18.0 Å². The Morgan fingerprint density at radius 1 is 1.00 bits per heavy atom. The van der Waals surface area contributed by atoms with E-state index in [2.05, 4.69) is 21.2 Å². The van der Waals surface area contributed by atoms with Crippen molar-refractivity contribution >= 4 is 66.7 Å². The van der Waals surface area contributed by atoms with E-state index in [4.69, 9.17) is 23.2 Å². The highest BCUT2D eigenvalue weighted by Gasteiger charge is 2.35. The second-order valence-electron chi connectivity index (χ2n) is 10.7. The van der Waals surface area contributed by atoms with Gasteiger partial charge in [-0.05, 0) is 82.1 Å². The van der Waals surface area contributed by atoms with Crippen LogP contribution in [-0.4, -0.2) is 43.3 Å². The number of hydrogen-bond donors (Lipinski definition) is 1. The number of aryl methyl sites for hydroxylation is 1. The lowest BCUT2D eigenvalue weighted by Gasteiger charge is -2.35. The minimum Gasteiger partial charge on any atom is -0.350 e. The van der Waals surface area contributed by atoms with Gasteiger partial charge in [0.2, 0.25) is 11.8 Å². The third kappa shape index (κ3) is 8.70. The molecule has 0 fully saturated rings. The van der Waals surface area contributed by atoms with E-state index >= 15 is 0 Å². The third-order valence-electron chi connectivity index (χ3n) is 6.22. The smallest absolute Gasteiger partial charge is 0.264 e. The summed E-state index contributed by atoms with van der Waals surface area (Å²) in [5.41, 5.74) is 1.22. The van der Waals surface area contributed by atoms with Crippen LogP contribution < -0.4 is 9.62 Å². The van der Waals surface area contributed by atoms with Crippen LogP contribution in [0.15, 0.2) is 76.1 Å². The number of nitrogens with zero attached hydrogens (tertiary/aromatic N) is 2. The molecule has 0 saturated heterocycles. The van der Waals surface area contributed by atoms with Crippen LogP contribution in [0.3, 0.4) is 0 Å². The molecule has 7 nitrogen and oxygen atoms in total. The molecule has 0 saturated carbocycles. The molecule has 0 heterocycles. The number of carbonyl (C=O) groups excluding carboxylic acids is 2. The van der Waals surface area contributed by atoms with Gasteiger partial charge in [-0.15, -0.1) is 0 Å². The second kappa shape index (κ2) is 13.6. The van der Waals surface area contributed by atoms with E-state index in [-0.39, 0.29) is 17.3 Å². The van der Waals surface area contributed by atoms with Gasteiger partial charge in [-0.1, -0.05) is 75.9 Å². The summed E-state index contributed by atoms with van der Waals surface area (Å²) in [5.74, 6) is -0.920. The van der Waals surface area contributed by atoms with Crippen molar-refractivity contribution in [1.29, 1.82) is 0 Å². The molecule has 0 unspecified atom stereocenters. The summed E-state index contributed by atoms with van der Waals surface area (Å²) in [6, 6.07) is 17.1. The van der Waals surface area contributed by atoms with Gasteiger partial charge in [-0.3, -0.25) is 13.9 Å². The van der Waals surface area contributed by atoms with Crippen molar-refractivity contribution in [3.8, 4) is 0 Å². The molecule has 0 aliphatic heterocycles. The van der Waals surface area contributed by atoms with Crippen LogP contribution >= 0.6 is 39.1 Å². The topological polar surface area (TPSA) is 86.8 Å². The van der Waals surface area contributed by atoms with Gasteiger partial charge in [0.1, 0.15) is 12.6 Å². The third-order valence-corrected chi connectivity index (χ3v) is 9.09. The molecule has 11 heteroatoms. The number of sulfonamides is 1. The van der Waals surface area contributed by atoms with Gasteiger partial charge < -0.3 is 10.2 Å². The van der Waals surface area contributed by atoms with Crippen LogP contribution in [0.1, 0.15) is 45.2 Å². The van der Waals surface area contributed by atoms with Gasteiger partial charge in [-0.2, -0.15) is 0 Å². The van der Waals surface area contributed by atoms with E-state index in [1.54, 1.807) is 61.5 Å². The monoisotopic (exact) mass is 681 g/mol. The number of benzene rings is 3. The first kappa shape index (κ1) is 32.9. The molecule has 0 aliphatic carbocycles. The summed E-state index contributed by atoms with van der Waals surface area (Å²) in [4.78, 5) is 29.0. The number of halogens is 3. The van der Waals surface area contributed by atoms with Gasteiger partial charge in [0.15, 0.2) is 0 Å². The zero-order valence-corrected chi connectivity index (χ0v) is 27.5. The number of anilines is 1. The first-order chi connectivity index (χ1) is 19.1. The van der Waals surface area contributed by atoms with E-state index in [1.165, 1.54) is 17.0 Å². The van der Waals surface area contributed by atoms with Crippen molar-refractivity contribution in [2.24, 2.45) is 0 Å². The average molecular weight is 683 g/mol. The molecule has 3 aromatic rings. The van der Waals surface area contributed by atoms with Crippen molar-refractivity contribution in [1.82, 2.24) is 10.2 Å². The zero-order chi connectivity index (χ0) is 30.5. The quantitative estimate of drug-likeness (QED) is 0.250. The fourth-order valence-electron chi connectivity index (χ4n) is 4.20. The largest absolute Gasteiger partial charge is 0.350 e. The standard InChI is InChI=1S/C30H34BrCl2N3O4S/c1-6-27(29(38)34-30(3,4)5)35(18-21-12-13-23(32)17-26(21)33)28(37)19-36(24-9-7-8-22(31)16-24)41(39,40)25-14-10-20(2)11-15-25/h7-17,27H,6,18-19H2,1-5H3,(H,34,38)/t27-/m0/s1. The molecule has 0 aromatic heterocycles. The number of hydrogen-bond acceptors (Lipinski definition) is 4. The van der Waals surface area contributed by atoms with Gasteiger partial charge in [0.25, 0.3) is 10.0 Å². The minimum absolute atomic E-state index is 0.0260. The van der Waals surface area contributed by atoms with Gasteiger partial charge in [0, 0.05) is 26.6 Å². The normalized spacial score (nSPS) is 12.5. The Morgan fingerprint density at radius 2 is 1.66 bits per heavy atom. The lowest BCUT2D eigenvalue weighted by molar-refractivity contribution is -0.141. The lowest BCUT2D eigenvalue weighted by Crippen LogP contribution is -2.55. The predicted octanol–water partition coefficient (Wildman–Crippen LogP) is 6.98. The Morgan fingerprint density at radius 3 is 2.22 bits per heavy atom. The summed E-state index contributed by atoms with van der Waals surface area (Å²) in [7, 11) is -4.16. The van der Waals surface area contributed by atoms with E-state index in [0.29, 0.717) is 32.2 Å². The first-order valence-corrected chi connectivity index (χ1v) is 16.0. The summed E-state index contributed by atoms with van der Waals surface area (Å²) in [6.45, 7) is 8.64. The molecule has 3 aromatic carbocycles. The van der Waals surface area contributed by atoms with Crippen molar-refractivity contribution in [2.45, 2.75) is 64.1 Å². The molecule has 1 N–H and O–H groups in total. The van der Waals surface area contributed by atoms with Gasteiger partial charge in [0.05, 0.1) is 10.6 Å². The fraction of sp³-hybridized carbons (Fsp3) is 0.333. The molecule has 3 rings (SSSR count). The second-order valence-corrected chi connectivity index (χ2v) is 14.3. The zero-order valence-electron chi connectivity index (χ0n) is 23.6. The van der Waals surface area contributed by atoms with Crippen molar-refractivity contribution in [2.75, 3.05) is 10.8 Å². The number of rotatable bonds is 10. The van der Waals surface area contributed by atoms with Crippen LogP contribution in [0.25, 0.3) is 0 Å². The SMILES string of the molecule is CC[C@@H](C(=O)NC(C)(C)C)N(Cc1ccc(Cl)cc1Cl)C(=O)CN(c1cccc(Br)c1)S(=O)(=O)c1ccc(C)cc1. The van der Waals surface area contributed by atoms with E-state index in [0.717, 1.165) is 9.87 Å². The Labute approximate surface area is 261 Å². The summed E-state index contributed by atoms with van der Waals surface area (Å²) >= 11 is 16.0. The van der Waals surface area contributed by atoms with Crippen LogP contribution in [0, 0.1) is 6.92 Å².